The Labute approximate surface area is 400 Å². The van der Waals surface area contributed by atoms with Gasteiger partial charge in [-0.2, -0.15) is 0 Å². The summed E-state index contributed by atoms with van der Waals surface area (Å²) in [6.45, 7) is 29.9. The molecule has 0 radical (unpaired) electrons. The minimum atomic E-state index is -2.12. The normalized spacial score (nSPS) is 28.0. The molecule has 374 valence electrons. The predicted octanol–water partition coefficient (Wildman–Crippen LogP) is 11.7. The van der Waals surface area contributed by atoms with Gasteiger partial charge < -0.3 is 47.4 Å². The van der Waals surface area contributed by atoms with Crippen LogP contribution in [0.15, 0.2) is 72.9 Å². The average molecular weight is 941 g/mol. The molecule has 0 bridgehead atoms. The van der Waals surface area contributed by atoms with E-state index in [0.717, 1.165) is 30.4 Å². The van der Waals surface area contributed by atoms with Crippen molar-refractivity contribution in [1.29, 1.82) is 0 Å². The number of benzene rings is 1. The fraction of sp³-hybridized carbons (Fsp3) is 0.722. The second-order valence-electron chi connectivity index (χ2n) is 22.0. The van der Waals surface area contributed by atoms with Gasteiger partial charge in [0.15, 0.2) is 25.7 Å². The number of aliphatic hydroxyl groups is 1. The Morgan fingerprint density at radius 2 is 1.23 bits per heavy atom. The molecule has 3 saturated heterocycles. The average Bonchev–Trinajstić information content (AvgIpc) is 3.19. The lowest BCUT2D eigenvalue weighted by atomic mass is 9.92. The van der Waals surface area contributed by atoms with Crippen molar-refractivity contribution >= 4 is 14.6 Å². The van der Waals surface area contributed by atoms with Crippen molar-refractivity contribution in [3.05, 3.63) is 78.4 Å². The number of methoxy groups -OCH3 is 1. The van der Waals surface area contributed by atoms with E-state index in [2.05, 4.69) is 52.1 Å². The molecule has 0 saturated carbocycles. The van der Waals surface area contributed by atoms with E-state index < -0.39 is 31.8 Å². The Morgan fingerprint density at radius 1 is 0.727 bits per heavy atom. The van der Waals surface area contributed by atoms with E-state index in [1.54, 1.807) is 13.2 Å². The van der Waals surface area contributed by atoms with Gasteiger partial charge in [0.2, 0.25) is 0 Å². The monoisotopic (exact) mass is 941 g/mol. The van der Waals surface area contributed by atoms with Crippen molar-refractivity contribution in [1.82, 2.24) is 0 Å². The maximum absolute atomic E-state index is 10.7. The van der Waals surface area contributed by atoms with Crippen LogP contribution < -0.4 is 4.74 Å². The number of carbonyl (C=O) groups is 1. The zero-order chi connectivity index (χ0) is 48.9. The van der Waals surface area contributed by atoms with Gasteiger partial charge in [0.25, 0.3) is 0 Å². The lowest BCUT2D eigenvalue weighted by Gasteiger charge is -2.46. The largest absolute Gasteiger partial charge is 0.497 e. The van der Waals surface area contributed by atoms with Crippen molar-refractivity contribution in [3.8, 4) is 5.75 Å². The van der Waals surface area contributed by atoms with Crippen LogP contribution in [0.2, 0.25) is 18.1 Å². The second-order valence-corrected chi connectivity index (χ2v) is 26.8. The summed E-state index contributed by atoms with van der Waals surface area (Å²) in [6, 6.07) is 8.02. The Balaban J connectivity index is 1.52. The van der Waals surface area contributed by atoms with Crippen molar-refractivity contribution in [2.24, 2.45) is 11.8 Å². The number of ether oxygens (including phenoxy) is 8. The molecule has 0 unspecified atom stereocenters. The smallest absolute Gasteiger partial charge is 0.192 e. The zero-order valence-corrected chi connectivity index (χ0v) is 44.3. The van der Waals surface area contributed by atoms with E-state index in [4.69, 9.17) is 42.3 Å². The van der Waals surface area contributed by atoms with Gasteiger partial charge in [0.1, 0.15) is 12.0 Å². The lowest BCUT2D eigenvalue weighted by molar-refractivity contribution is -0.324. The van der Waals surface area contributed by atoms with Gasteiger partial charge in [0, 0.05) is 44.4 Å². The highest BCUT2D eigenvalue weighted by molar-refractivity contribution is 6.74. The number of aliphatic hydroxyl groups excluding tert-OH is 1. The van der Waals surface area contributed by atoms with Gasteiger partial charge in [-0.15, -0.1) is 0 Å². The van der Waals surface area contributed by atoms with Crippen LogP contribution in [0.25, 0.3) is 0 Å². The fourth-order valence-electron chi connectivity index (χ4n) is 9.12. The van der Waals surface area contributed by atoms with Gasteiger partial charge in [-0.05, 0) is 102 Å². The summed E-state index contributed by atoms with van der Waals surface area (Å²) in [4.78, 5) is 10.7. The Bertz CT molecular complexity index is 1730. The number of hydrogen-bond donors (Lipinski definition) is 1. The molecule has 3 heterocycles. The number of aldehydes is 1. The van der Waals surface area contributed by atoms with Crippen molar-refractivity contribution in [3.63, 3.8) is 0 Å². The summed E-state index contributed by atoms with van der Waals surface area (Å²) in [5.74, 6) is -1.40. The Kier molecular flexibility index (Phi) is 21.1. The summed E-state index contributed by atoms with van der Waals surface area (Å²) >= 11 is 0. The van der Waals surface area contributed by atoms with Crippen molar-refractivity contribution < 1.29 is 52.2 Å². The summed E-state index contributed by atoms with van der Waals surface area (Å²) in [5, 5.41) is 10.7. The van der Waals surface area contributed by atoms with Crippen LogP contribution in [0.3, 0.4) is 0 Å². The summed E-state index contributed by atoms with van der Waals surface area (Å²) in [5.41, 5.74) is 1.06. The first kappa shape index (κ1) is 56.1. The maximum Gasteiger partial charge on any atom is 0.192 e. The summed E-state index contributed by atoms with van der Waals surface area (Å²) in [6.07, 6.45) is 20.3. The number of hydrogen-bond acceptors (Lipinski definition) is 11. The van der Waals surface area contributed by atoms with E-state index in [9.17, 15) is 9.90 Å². The van der Waals surface area contributed by atoms with Crippen LogP contribution in [0.4, 0.5) is 0 Å². The van der Waals surface area contributed by atoms with Crippen LogP contribution in [-0.2, 0) is 49.0 Å². The molecule has 66 heavy (non-hydrogen) atoms. The molecule has 0 aromatic heterocycles. The third-order valence-electron chi connectivity index (χ3n) is 13.2. The first-order valence-electron chi connectivity index (χ1n) is 24.6. The summed E-state index contributed by atoms with van der Waals surface area (Å²) < 4.78 is 58.9. The highest BCUT2D eigenvalue weighted by atomic mass is 28.4. The first-order chi connectivity index (χ1) is 30.8. The van der Waals surface area contributed by atoms with Crippen LogP contribution in [-0.4, -0.2) is 99.1 Å². The standard InChI is InChI=1S/C54H88O11Si/c1-38(2)50(56)39(3)23-26-42-30-45(60-52(7,8)59-42)34-49-36-48(63-54(11,12)64-49)33-44(58-37-40-24-27-41(57-13)28-25-40)32-47-35-46(61-53(9,10)62-47)31-43(65-66(14,15)51(4,5)6)22-20-18-16-17-19-21-29-55/h16-21,23-29,38-39,42-50,56H,22,30-37H2,1-15H3/b17-16+,20-18-,21-19+,26-23+/t39-,42-,43-,44+,45-,46-,47+,48-,49+,50-/m0/s1. The molecule has 0 amide bonds. The topological polar surface area (TPSA) is 120 Å². The minimum Gasteiger partial charge on any atom is -0.497 e. The molecule has 3 aliphatic rings. The molecule has 0 spiro atoms. The van der Waals surface area contributed by atoms with E-state index >= 15 is 0 Å². The zero-order valence-electron chi connectivity index (χ0n) is 43.3. The van der Waals surface area contributed by atoms with Crippen LogP contribution in [0.1, 0.15) is 140 Å². The number of rotatable bonds is 23. The second kappa shape index (κ2) is 24.9. The molecule has 0 aliphatic carbocycles. The molecule has 11 nitrogen and oxygen atoms in total. The van der Waals surface area contributed by atoms with Gasteiger partial charge in [0.05, 0.1) is 68.7 Å². The highest BCUT2D eigenvalue weighted by Crippen LogP contribution is 2.41. The quantitative estimate of drug-likeness (QED) is 0.0371. The molecule has 1 aromatic carbocycles. The Hall–Kier alpha value is -2.49. The Morgan fingerprint density at radius 3 is 1.77 bits per heavy atom. The third kappa shape index (κ3) is 19.1. The van der Waals surface area contributed by atoms with Gasteiger partial charge >= 0.3 is 0 Å². The predicted molar refractivity (Wildman–Crippen MR) is 265 cm³/mol. The van der Waals surface area contributed by atoms with Gasteiger partial charge in [-0.25, -0.2) is 0 Å². The van der Waals surface area contributed by atoms with Crippen molar-refractivity contribution in [2.45, 2.75) is 231 Å². The molecule has 1 aromatic rings. The van der Waals surface area contributed by atoms with Gasteiger partial charge in [-0.3, -0.25) is 4.79 Å². The van der Waals surface area contributed by atoms with Crippen molar-refractivity contribution in [2.75, 3.05) is 7.11 Å². The fourth-order valence-corrected chi connectivity index (χ4v) is 10.5. The van der Waals surface area contributed by atoms with Gasteiger partial charge in [-0.1, -0.05) is 96.2 Å². The SMILES string of the molecule is COc1ccc(CO[C@H](C[C@@H]2C[C@H](C[C@H](C\C=C/C=C/C=C/C=O)O[Si](C)(C)C(C)(C)C)OC(C)(C)O2)C[C@H]2C[C@@H](C[C@@H]3C[C@H](/C=C/[C@H](C)[C@@H](O)C(C)C)OC(C)(C)O3)OC(C)(C)O2)cc1. The van der Waals surface area contributed by atoms with E-state index in [0.29, 0.717) is 45.1 Å². The molecular weight excluding hydrogens is 853 g/mol. The lowest BCUT2D eigenvalue weighted by Crippen LogP contribution is -2.50. The molecule has 4 rings (SSSR count). The van der Waals surface area contributed by atoms with Crippen LogP contribution in [0.5, 0.6) is 5.75 Å². The molecular formula is C54H88O11Si. The highest BCUT2D eigenvalue weighted by Gasteiger charge is 2.44. The third-order valence-corrected chi connectivity index (χ3v) is 17.7. The first-order valence-corrected chi connectivity index (χ1v) is 27.5. The minimum absolute atomic E-state index is 0.0139. The maximum atomic E-state index is 10.7. The molecule has 3 aliphatic heterocycles. The molecule has 3 fully saturated rings. The number of carbonyl (C=O) groups excluding carboxylic acids is 1. The molecule has 1 N–H and O–H groups in total. The summed E-state index contributed by atoms with van der Waals surface area (Å²) in [7, 11) is -0.443. The van der Waals surface area contributed by atoms with Crippen LogP contribution >= 0.6 is 0 Å². The molecule has 10 atom stereocenters. The van der Waals surface area contributed by atoms with Crippen LogP contribution in [0, 0.1) is 11.8 Å². The number of allylic oxidation sites excluding steroid dienone is 5. The molecule has 12 heteroatoms. The van der Waals surface area contributed by atoms with E-state index in [1.165, 1.54) is 6.08 Å². The van der Waals surface area contributed by atoms with E-state index in [1.807, 2.05) is 105 Å². The van der Waals surface area contributed by atoms with E-state index in [-0.39, 0.29) is 65.7 Å².